The van der Waals surface area contributed by atoms with E-state index >= 15 is 0 Å². The molecule has 0 fully saturated rings. The Morgan fingerprint density at radius 1 is 1.00 bits per heavy atom. The van der Waals surface area contributed by atoms with Gasteiger partial charge in [0.1, 0.15) is 0 Å². The summed E-state index contributed by atoms with van der Waals surface area (Å²) in [6.07, 6.45) is 0.126. The predicted molar refractivity (Wildman–Crippen MR) is 107 cm³/mol. The number of aliphatic carboxylic acids is 1. The smallest absolute Gasteiger partial charge is 0.341 e. The summed E-state index contributed by atoms with van der Waals surface area (Å²) in [6.45, 7) is -0.474. The van der Waals surface area contributed by atoms with Gasteiger partial charge in [-0.1, -0.05) is 11.2 Å². The van der Waals surface area contributed by atoms with Gasteiger partial charge in [0.15, 0.2) is 35.7 Å². The van der Waals surface area contributed by atoms with Crippen LogP contribution in [0.2, 0.25) is 0 Å². The molecule has 2 aromatic carbocycles. The van der Waals surface area contributed by atoms with Gasteiger partial charge >= 0.3 is 5.97 Å². The van der Waals surface area contributed by atoms with Gasteiger partial charge in [0, 0.05) is 12.0 Å². The predicted octanol–water partition coefficient (Wildman–Crippen LogP) is 3.05. The average Bonchev–Trinajstić information content (AvgIpc) is 3.26. The van der Waals surface area contributed by atoms with E-state index in [9.17, 15) is 4.79 Å². The number of oxime groups is 1. The highest BCUT2D eigenvalue weighted by Crippen LogP contribution is 2.41. The number of rotatable bonds is 9. The molecule has 3 rings (SSSR count). The topological polar surface area (TPSA) is 105 Å². The molecule has 1 atom stereocenters. The second-order valence-corrected chi connectivity index (χ2v) is 6.34. The van der Waals surface area contributed by atoms with Crippen LogP contribution in [0.1, 0.15) is 23.7 Å². The summed E-state index contributed by atoms with van der Waals surface area (Å²) in [4.78, 5) is 16.5. The Bertz CT molecular complexity index is 931. The normalized spacial score (nSPS) is 15.1. The number of carboxylic acid groups (broad SMARTS) is 1. The van der Waals surface area contributed by atoms with E-state index in [0.29, 0.717) is 40.9 Å². The summed E-state index contributed by atoms with van der Waals surface area (Å²) < 4.78 is 26.7. The molecule has 160 valence electrons. The Kier molecular flexibility index (Phi) is 6.51. The van der Waals surface area contributed by atoms with Crippen molar-refractivity contribution in [1.29, 1.82) is 0 Å². The van der Waals surface area contributed by atoms with Crippen LogP contribution in [0.25, 0.3) is 0 Å². The molecule has 30 heavy (non-hydrogen) atoms. The van der Waals surface area contributed by atoms with E-state index < -0.39 is 12.6 Å². The summed E-state index contributed by atoms with van der Waals surface area (Å²) in [7, 11) is 6.13. The van der Waals surface area contributed by atoms with Crippen molar-refractivity contribution in [3.05, 3.63) is 41.5 Å². The van der Waals surface area contributed by atoms with Crippen molar-refractivity contribution in [3.63, 3.8) is 0 Å². The summed E-state index contributed by atoms with van der Waals surface area (Å²) in [5.74, 6) is 1.22. The van der Waals surface area contributed by atoms with Crippen LogP contribution in [0, 0.1) is 0 Å². The molecule has 0 bridgehead atoms. The third-order valence-electron chi connectivity index (χ3n) is 4.58. The lowest BCUT2D eigenvalue weighted by Crippen LogP contribution is -2.10. The summed E-state index contributed by atoms with van der Waals surface area (Å²) in [5, 5.41) is 13.1. The highest BCUT2D eigenvalue weighted by atomic mass is 16.6. The van der Waals surface area contributed by atoms with Gasteiger partial charge < -0.3 is 33.6 Å². The summed E-state index contributed by atoms with van der Waals surface area (Å²) in [6, 6.07) is 8.83. The molecule has 1 unspecified atom stereocenters. The van der Waals surface area contributed by atoms with Gasteiger partial charge in [0.05, 0.1) is 34.2 Å². The van der Waals surface area contributed by atoms with Gasteiger partial charge in [0.2, 0.25) is 5.75 Å². The van der Waals surface area contributed by atoms with Crippen LogP contribution in [0.5, 0.6) is 28.7 Å². The molecule has 0 radical (unpaired) electrons. The van der Waals surface area contributed by atoms with Crippen LogP contribution in [-0.4, -0.2) is 51.8 Å². The lowest BCUT2D eigenvalue weighted by atomic mass is 9.99. The molecule has 0 amide bonds. The first-order valence-corrected chi connectivity index (χ1v) is 9.06. The Hall–Kier alpha value is -3.62. The number of methoxy groups -OCH3 is 4. The van der Waals surface area contributed by atoms with Gasteiger partial charge in [-0.05, 0) is 29.8 Å². The molecule has 9 heteroatoms. The van der Waals surface area contributed by atoms with E-state index in [2.05, 4.69) is 5.16 Å². The molecule has 1 N–H and O–H groups in total. The molecule has 0 aromatic heterocycles. The molecule has 1 heterocycles. The second-order valence-electron chi connectivity index (χ2n) is 6.34. The fourth-order valence-corrected chi connectivity index (χ4v) is 3.12. The Balaban J connectivity index is 1.83. The molecule has 0 saturated carbocycles. The quantitative estimate of drug-likeness (QED) is 0.664. The monoisotopic (exact) mass is 417 g/mol. The van der Waals surface area contributed by atoms with Crippen LogP contribution in [-0.2, 0) is 9.63 Å². The molecular formula is C21H23NO8. The minimum Gasteiger partial charge on any atom is -0.493 e. The first-order chi connectivity index (χ1) is 14.5. The summed E-state index contributed by atoms with van der Waals surface area (Å²) >= 11 is 0. The maximum absolute atomic E-state index is 10.8. The van der Waals surface area contributed by atoms with Gasteiger partial charge in [-0.2, -0.15) is 0 Å². The van der Waals surface area contributed by atoms with E-state index in [1.807, 2.05) is 6.07 Å². The average molecular weight is 417 g/mol. The molecule has 2 aromatic rings. The lowest BCUT2D eigenvalue weighted by molar-refractivity contribution is -0.139. The third kappa shape index (κ3) is 4.35. The van der Waals surface area contributed by atoms with Crippen molar-refractivity contribution >= 4 is 11.7 Å². The largest absolute Gasteiger partial charge is 0.493 e. The zero-order valence-electron chi connectivity index (χ0n) is 17.1. The minimum atomic E-state index is -1.08. The SMILES string of the molecule is COc1ccc(C2CC(c3cc(OC)c(OC)c(OC)c3)=NO2)cc1OCC(=O)O. The van der Waals surface area contributed by atoms with Crippen molar-refractivity contribution in [3.8, 4) is 28.7 Å². The van der Waals surface area contributed by atoms with Crippen LogP contribution in [0.4, 0.5) is 0 Å². The van der Waals surface area contributed by atoms with Crippen molar-refractivity contribution in [2.24, 2.45) is 5.16 Å². The number of hydrogen-bond donors (Lipinski definition) is 1. The van der Waals surface area contributed by atoms with Gasteiger partial charge in [-0.3, -0.25) is 0 Å². The van der Waals surface area contributed by atoms with E-state index in [4.69, 9.17) is 33.6 Å². The molecule has 0 spiro atoms. The van der Waals surface area contributed by atoms with Crippen LogP contribution >= 0.6 is 0 Å². The number of benzene rings is 2. The van der Waals surface area contributed by atoms with E-state index in [-0.39, 0.29) is 6.10 Å². The maximum atomic E-state index is 10.8. The van der Waals surface area contributed by atoms with Crippen LogP contribution in [0.3, 0.4) is 0 Å². The third-order valence-corrected chi connectivity index (χ3v) is 4.58. The van der Waals surface area contributed by atoms with Crippen molar-refractivity contribution in [2.45, 2.75) is 12.5 Å². The van der Waals surface area contributed by atoms with E-state index in [1.54, 1.807) is 45.6 Å². The first kappa shape index (κ1) is 21.1. The second kappa shape index (κ2) is 9.25. The number of carboxylic acids is 1. The zero-order chi connectivity index (χ0) is 21.7. The fourth-order valence-electron chi connectivity index (χ4n) is 3.12. The van der Waals surface area contributed by atoms with Gasteiger partial charge in [-0.15, -0.1) is 0 Å². The van der Waals surface area contributed by atoms with E-state index in [1.165, 1.54) is 7.11 Å². The van der Waals surface area contributed by atoms with Crippen molar-refractivity contribution < 1.29 is 38.4 Å². The number of carbonyl (C=O) groups is 1. The Morgan fingerprint density at radius 3 is 2.23 bits per heavy atom. The molecule has 1 aliphatic rings. The van der Waals surface area contributed by atoms with Crippen molar-refractivity contribution in [1.82, 2.24) is 0 Å². The van der Waals surface area contributed by atoms with Gasteiger partial charge in [-0.25, -0.2) is 4.79 Å². The highest BCUT2D eigenvalue weighted by molar-refractivity contribution is 6.02. The van der Waals surface area contributed by atoms with Crippen molar-refractivity contribution in [2.75, 3.05) is 35.0 Å². The number of hydrogen-bond acceptors (Lipinski definition) is 8. The number of nitrogens with zero attached hydrogens (tertiary/aromatic N) is 1. The molecular weight excluding hydrogens is 394 g/mol. The Labute approximate surface area is 173 Å². The zero-order valence-corrected chi connectivity index (χ0v) is 17.1. The van der Waals surface area contributed by atoms with Crippen LogP contribution in [0.15, 0.2) is 35.5 Å². The van der Waals surface area contributed by atoms with E-state index in [0.717, 1.165) is 11.1 Å². The standard InChI is InChI=1S/C21H23NO8/c1-25-15-6-5-12(7-17(15)29-11-20(23)24)16-10-14(22-30-16)13-8-18(26-2)21(28-4)19(9-13)27-3/h5-9,16H,10-11H2,1-4H3,(H,23,24). The lowest BCUT2D eigenvalue weighted by Gasteiger charge is -2.14. The molecule has 1 aliphatic heterocycles. The summed E-state index contributed by atoms with van der Waals surface area (Å²) in [5.41, 5.74) is 2.27. The number of ether oxygens (including phenoxy) is 5. The molecule has 0 saturated heterocycles. The van der Waals surface area contributed by atoms with Crippen LogP contribution < -0.4 is 23.7 Å². The highest BCUT2D eigenvalue weighted by Gasteiger charge is 2.27. The Morgan fingerprint density at radius 2 is 1.67 bits per heavy atom. The molecule has 0 aliphatic carbocycles. The minimum absolute atomic E-state index is 0.322. The maximum Gasteiger partial charge on any atom is 0.341 e. The first-order valence-electron chi connectivity index (χ1n) is 9.06. The molecule has 9 nitrogen and oxygen atoms in total. The fraction of sp³-hybridized carbons (Fsp3) is 0.333. The van der Waals surface area contributed by atoms with Gasteiger partial charge in [0.25, 0.3) is 0 Å².